The van der Waals surface area contributed by atoms with Crippen LogP contribution in [0.2, 0.25) is 0 Å². The SMILES string of the molecule is CCCCCCCCOc1c(C)cccc1-c1ncccc1C. The number of hydrogen-bond acceptors (Lipinski definition) is 2. The van der Waals surface area contributed by atoms with Crippen LogP contribution in [0.5, 0.6) is 5.75 Å². The lowest BCUT2D eigenvalue weighted by atomic mass is 10.0. The molecule has 2 nitrogen and oxygen atoms in total. The zero-order valence-electron chi connectivity index (χ0n) is 14.8. The van der Waals surface area contributed by atoms with Crippen molar-refractivity contribution in [2.24, 2.45) is 0 Å². The molecule has 0 atom stereocenters. The van der Waals surface area contributed by atoms with E-state index < -0.39 is 0 Å². The summed E-state index contributed by atoms with van der Waals surface area (Å²) in [5.41, 5.74) is 4.49. The highest BCUT2D eigenvalue weighted by atomic mass is 16.5. The van der Waals surface area contributed by atoms with Crippen molar-refractivity contribution in [3.63, 3.8) is 0 Å². The lowest BCUT2D eigenvalue weighted by Crippen LogP contribution is -2.01. The molecule has 0 saturated heterocycles. The summed E-state index contributed by atoms with van der Waals surface area (Å²) >= 11 is 0. The Morgan fingerprint density at radius 2 is 1.61 bits per heavy atom. The summed E-state index contributed by atoms with van der Waals surface area (Å²) in [5.74, 6) is 0.989. The molecule has 0 aliphatic carbocycles. The van der Waals surface area contributed by atoms with Gasteiger partial charge in [0.05, 0.1) is 12.3 Å². The van der Waals surface area contributed by atoms with Gasteiger partial charge in [0.15, 0.2) is 0 Å². The summed E-state index contributed by atoms with van der Waals surface area (Å²) in [6, 6.07) is 10.4. The largest absolute Gasteiger partial charge is 0.493 e. The van der Waals surface area contributed by atoms with E-state index in [-0.39, 0.29) is 0 Å². The van der Waals surface area contributed by atoms with Crippen molar-refractivity contribution in [2.75, 3.05) is 6.61 Å². The smallest absolute Gasteiger partial charge is 0.131 e. The Hall–Kier alpha value is -1.83. The van der Waals surface area contributed by atoms with Gasteiger partial charge in [-0.05, 0) is 43.5 Å². The number of benzene rings is 1. The van der Waals surface area contributed by atoms with Gasteiger partial charge >= 0.3 is 0 Å². The molecule has 2 aromatic rings. The fraction of sp³-hybridized carbons (Fsp3) is 0.476. The molecule has 0 aliphatic heterocycles. The lowest BCUT2D eigenvalue weighted by Gasteiger charge is -2.15. The van der Waals surface area contributed by atoms with Gasteiger partial charge in [-0.25, -0.2) is 0 Å². The molecule has 0 spiro atoms. The molecular formula is C21H29NO. The third-order valence-electron chi connectivity index (χ3n) is 4.22. The van der Waals surface area contributed by atoms with Crippen molar-refractivity contribution >= 4 is 0 Å². The van der Waals surface area contributed by atoms with Crippen LogP contribution in [0.1, 0.15) is 56.6 Å². The maximum atomic E-state index is 6.14. The zero-order chi connectivity index (χ0) is 16.5. The van der Waals surface area contributed by atoms with E-state index in [1.54, 1.807) is 0 Å². The van der Waals surface area contributed by atoms with Crippen LogP contribution in [0.4, 0.5) is 0 Å². The Bertz CT molecular complexity index is 607. The van der Waals surface area contributed by atoms with E-state index in [1.807, 2.05) is 12.3 Å². The second-order valence-electron chi connectivity index (χ2n) is 6.24. The van der Waals surface area contributed by atoms with Crippen LogP contribution in [0.15, 0.2) is 36.5 Å². The summed E-state index contributed by atoms with van der Waals surface area (Å²) < 4.78 is 6.14. The number of aromatic nitrogens is 1. The van der Waals surface area contributed by atoms with Crippen molar-refractivity contribution in [3.05, 3.63) is 47.7 Å². The van der Waals surface area contributed by atoms with Crippen molar-refractivity contribution in [1.29, 1.82) is 0 Å². The molecule has 0 bridgehead atoms. The normalized spacial score (nSPS) is 10.7. The molecule has 0 radical (unpaired) electrons. The van der Waals surface area contributed by atoms with E-state index in [4.69, 9.17) is 4.74 Å². The zero-order valence-corrected chi connectivity index (χ0v) is 14.8. The van der Waals surface area contributed by atoms with Gasteiger partial charge in [0.2, 0.25) is 0 Å². The number of rotatable bonds is 9. The average molecular weight is 311 g/mol. The summed E-state index contributed by atoms with van der Waals surface area (Å²) in [4.78, 5) is 4.55. The number of ether oxygens (including phenoxy) is 1. The minimum atomic E-state index is 0.788. The van der Waals surface area contributed by atoms with Crippen LogP contribution in [0, 0.1) is 13.8 Å². The standard InChI is InChI=1S/C21H29NO/c1-4-5-6-7-8-9-16-23-21-18(3)12-10-14-19(21)20-17(2)13-11-15-22-20/h10-15H,4-9,16H2,1-3H3. The molecule has 0 amide bonds. The predicted octanol–water partition coefficient (Wildman–Crippen LogP) is 6.10. The second-order valence-corrected chi connectivity index (χ2v) is 6.24. The van der Waals surface area contributed by atoms with E-state index in [0.717, 1.165) is 30.0 Å². The van der Waals surface area contributed by atoms with Crippen LogP contribution < -0.4 is 4.74 Å². The number of para-hydroxylation sites is 1. The van der Waals surface area contributed by atoms with E-state index >= 15 is 0 Å². The van der Waals surface area contributed by atoms with Crippen molar-refractivity contribution < 1.29 is 4.74 Å². The molecule has 1 aromatic heterocycles. The van der Waals surface area contributed by atoms with Crippen molar-refractivity contribution in [3.8, 4) is 17.0 Å². The van der Waals surface area contributed by atoms with Gasteiger partial charge in [0.1, 0.15) is 5.75 Å². The van der Waals surface area contributed by atoms with E-state index in [9.17, 15) is 0 Å². The highest BCUT2D eigenvalue weighted by Crippen LogP contribution is 2.33. The first-order valence-corrected chi connectivity index (χ1v) is 8.88. The van der Waals surface area contributed by atoms with Gasteiger partial charge in [0.25, 0.3) is 0 Å². The number of unbranched alkanes of at least 4 members (excludes halogenated alkanes) is 5. The van der Waals surface area contributed by atoms with E-state index in [0.29, 0.717) is 0 Å². The molecule has 0 saturated carbocycles. The Balaban J connectivity index is 2.00. The molecular weight excluding hydrogens is 282 g/mol. The quantitative estimate of drug-likeness (QED) is 0.522. The van der Waals surface area contributed by atoms with Crippen LogP contribution in [0.25, 0.3) is 11.3 Å². The third kappa shape index (κ3) is 5.09. The van der Waals surface area contributed by atoms with Crippen LogP contribution >= 0.6 is 0 Å². The average Bonchev–Trinajstić information content (AvgIpc) is 2.56. The van der Waals surface area contributed by atoms with E-state index in [1.165, 1.54) is 43.2 Å². The van der Waals surface area contributed by atoms with E-state index in [2.05, 4.69) is 50.0 Å². The first-order chi connectivity index (χ1) is 11.2. The molecule has 23 heavy (non-hydrogen) atoms. The highest BCUT2D eigenvalue weighted by Gasteiger charge is 2.12. The van der Waals surface area contributed by atoms with Crippen LogP contribution in [0.3, 0.4) is 0 Å². The van der Waals surface area contributed by atoms with Gasteiger partial charge in [-0.2, -0.15) is 0 Å². The molecule has 1 aromatic carbocycles. The molecule has 2 rings (SSSR count). The summed E-state index contributed by atoms with van der Waals surface area (Å²) in [5, 5.41) is 0. The van der Waals surface area contributed by atoms with Crippen molar-refractivity contribution in [1.82, 2.24) is 4.98 Å². The molecule has 2 heteroatoms. The van der Waals surface area contributed by atoms with Crippen LogP contribution in [-0.2, 0) is 0 Å². The summed E-state index contributed by atoms with van der Waals surface area (Å²) in [7, 11) is 0. The molecule has 0 aliphatic rings. The fourth-order valence-electron chi connectivity index (χ4n) is 2.85. The summed E-state index contributed by atoms with van der Waals surface area (Å²) in [6.07, 6.45) is 9.54. The number of pyridine rings is 1. The fourth-order valence-corrected chi connectivity index (χ4v) is 2.85. The Labute approximate surface area is 140 Å². The van der Waals surface area contributed by atoms with Crippen molar-refractivity contribution in [2.45, 2.75) is 59.3 Å². The molecule has 124 valence electrons. The monoisotopic (exact) mass is 311 g/mol. The number of hydrogen-bond donors (Lipinski definition) is 0. The minimum Gasteiger partial charge on any atom is -0.493 e. The Kier molecular flexibility index (Phi) is 7.12. The van der Waals surface area contributed by atoms with Gasteiger partial charge in [-0.3, -0.25) is 4.98 Å². The number of nitrogens with zero attached hydrogens (tertiary/aromatic N) is 1. The molecule has 0 N–H and O–H groups in total. The predicted molar refractivity (Wildman–Crippen MR) is 98.0 cm³/mol. The third-order valence-corrected chi connectivity index (χ3v) is 4.22. The second kappa shape index (κ2) is 9.34. The van der Waals surface area contributed by atoms with Crippen LogP contribution in [-0.4, -0.2) is 11.6 Å². The lowest BCUT2D eigenvalue weighted by molar-refractivity contribution is 0.303. The molecule has 1 heterocycles. The topological polar surface area (TPSA) is 22.1 Å². The Morgan fingerprint density at radius 3 is 2.39 bits per heavy atom. The van der Waals surface area contributed by atoms with Gasteiger partial charge in [-0.1, -0.05) is 57.2 Å². The van der Waals surface area contributed by atoms with Gasteiger partial charge in [0, 0.05) is 11.8 Å². The maximum Gasteiger partial charge on any atom is 0.131 e. The maximum absolute atomic E-state index is 6.14. The number of aryl methyl sites for hydroxylation is 2. The first-order valence-electron chi connectivity index (χ1n) is 8.88. The van der Waals surface area contributed by atoms with Gasteiger partial charge in [-0.15, -0.1) is 0 Å². The minimum absolute atomic E-state index is 0.788. The highest BCUT2D eigenvalue weighted by molar-refractivity contribution is 5.71. The molecule has 0 fully saturated rings. The summed E-state index contributed by atoms with van der Waals surface area (Å²) in [6.45, 7) is 7.25. The molecule has 0 unspecified atom stereocenters. The Morgan fingerprint density at radius 1 is 0.870 bits per heavy atom. The van der Waals surface area contributed by atoms with Gasteiger partial charge < -0.3 is 4.74 Å². The first kappa shape index (κ1) is 17.5.